The summed E-state index contributed by atoms with van der Waals surface area (Å²) in [4.78, 5) is 11.3. The minimum Gasteiger partial charge on any atom is -0.303 e. The van der Waals surface area contributed by atoms with Gasteiger partial charge in [-0.1, -0.05) is 28.2 Å². The van der Waals surface area contributed by atoms with E-state index in [1.54, 1.807) is 0 Å². The van der Waals surface area contributed by atoms with Crippen molar-refractivity contribution in [3.63, 3.8) is 0 Å². The Kier molecular flexibility index (Phi) is 5.27. The number of hydrogen-bond acceptors (Lipinski definition) is 1. The van der Waals surface area contributed by atoms with Gasteiger partial charge in [0.25, 0.3) is 0 Å². The van der Waals surface area contributed by atoms with Crippen LogP contribution in [0.1, 0.15) is 66.7 Å². The minimum atomic E-state index is 0. The molecule has 1 heteroatoms. The fourth-order valence-electron chi connectivity index (χ4n) is 5.35. The van der Waals surface area contributed by atoms with E-state index in [0.29, 0.717) is 5.41 Å². The number of carbonyl (C=O) groups excluding carboxylic acids is 1. The Labute approximate surface area is 126 Å². The normalized spacial score (nSPS) is 44.4. The van der Waals surface area contributed by atoms with Crippen LogP contribution in [0.3, 0.4) is 0 Å². The molecule has 0 aromatic rings. The molecule has 0 aromatic heterocycles. The molecule has 20 heavy (non-hydrogen) atoms. The van der Waals surface area contributed by atoms with E-state index >= 15 is 0 Å². The highest BCUT2D eigenvalue weighted by Gasteiger charge is 2.53. The van der Waals surface area contributed by atoms with Crippen LogP contribution in [-0.4, -0.2) is 6.29 Å². The van der Waals surface area contributed by atoms with Crippen LogP contribution in [0, 0.1) is 34.5 Å². The van der Waals surface area contributed by atoms with Gasteiger partial charge in [-0.3, -0.25) is 0 Å². The van der Waals surface area contributed by atoms with Crippen molar-refractivity contribution in [2.24, 2.45) is 34.5 Å². The Morgan fingerprint density at radius 2 is 1.55 bits per heavy atom. The standard InChI is InChI=1S/C16H26O.C2H4.CH4/c1-15(2)5-4-13-11-6-12(14(13)9-15)8-16(3,7-11)10-17;1-2;/h10-14H,4-9H2,1-3H3;1-2H2;1H4. The molecule has 0 aliphatic heterocycles. The first-order chi connectivity index (χ1) is 8.92. The first-order valence-electron chi connectivity index (χ1n) is 7.89. The van der Waals surface area contributed by atoms with Gasteiger partial charge in [0.1, 0.15) is 6.29 Å². The van der Waals surface area contributed by atoms with Crippen molar-refractivity contribution in [2.75, 3.05) is 0 Å². The molecule has 3 aliphatic carbocycles. The van der Waals surface area contributed by atoms with E-state index in [1.807, 2.05) is 0 Å². The molecule has 3 aliphatic rings. The number of aldehydes is 1. The molecule has 0 heterocycles. The number of hydrogen-bond donors (Lipinski definition) is 0. The molecule has 0 aromatic carbocycles. The van der Waals surface area contributed by atoms with Crippen LogP contribution in [0.15, 0.2) is 13.2 Å². The molecule has 5 unspecified atom stereocenters. The van der Waals surface area contributed by atoms with Crippen LogP contribution < -0.4 is 0 Å². The lowest BCUT2D eigenvalue weighted by molar-refractivity contribution is -0.118. The lowest BCUT2D eigenvalue weighted by Gasteiger charge is -2.40. The third-order valence-corrected chi connectivity index (χ3v) is 6.05. The molecule has 0 radical (unpaired) electrons. The summed E-state index contributed by atoms with van der Waals surface area (Å²) in [6.45, 7) is 13.1. The summed E-state index contributed by atoms with van der Waals surface area (Å²) < 4.78 is 0. The number of fused-ring (bicyclic) bond motifs is 5. The van der Waals surface area contributed by atoms with Gasteiger partial charge < -0.3 is 4.79 Å². The second-order valence-electron chi connectivity index (χ2n) is 8.17. The van der Waals surface area contributed by atoms with Crippen molar-refractivity contribution < 1.29 is 4.79 Å². The predicted octanol–water partition coefficient (Wildman–Crippen LogP) is 5.50. The summed E-state index contributed by atoms with van der Waals surface area (Å²) in [6, 6.07) is 0. The van der Waals surface area contributed by atoms with Gasteiger partial charge in [0.15, 0.2) is 0 Å². The first-order valence-corrected chi connectivity index (χ1v) is 7.89. The Balaban J connectivity index is 0.000000639. The summed E-state index contributed by atoms with van der Waals surface area (Å²) in [7, 11) is 0. The van der Waals surface area contributed by atoms with Crippen LogP contribution in [0.25, 0.3) is 0 Å². The summed E-state index contributed by atoms with van der Waals surface area (Å²) in [5.74, 6) is 3.61. The summed E-state index contributed by atoms with van der Waals surface area (Å²) in [5, 5.41) is 0. The lowest BCUT2D eigenvalue weighted by Crippen LogP contribution is -2.30. The predicted molar refractivity (Wildman–Crippen MR) is 87.6 cm³/mol. The SMILES string of the molecule is C.C=C.CC1(C)CCC2C3CC(CC(C)(C=O)C3)C2C1. The van der Waals surface area contributed by atoms with Crippen LogP contribution in [-0.2, 0) is 4.79 Å². The second-order valence-corrected chi connectivity index (χ2v) is 8.17. The zero-order chi connectivity index (χ0) is 14.3. The zero-order valence-electron chi connectivity index (χ0n) is 13.0. The van der Waals surface area contributed by atoms with Gasteiger partial charge in [0.05, 0.1) is 0 Å². The highest BCUT2D eigenvalue weighted by atomic mass is 16.1. The van der Waals surface area contributed by atoms with Crippen molar-refractivity contribution in [2.45, 2.75) is 66.7 Å². The fraction of sp³-hybridized carbons (Fsp3) is 0.842. The maximum atomic E-state index is 11.3. The molecule has 0 amide bonds. The van der Waals surface area contributed by atoms with Gasteiger partial charge >= 0.3 is 0 Å². The van der Waals surface area contributed by atoms with Gasteiger partial charge in [-0.25, -0.2) is 0 Å². The topological polar surface area (TPSA) is 17.1 Å². The average Bonchev–Trinajstić information content (AvgIpc) is 2.63. The highest BCUT2D eigenvalue weighted by molar-refractivity contribution is 5.59. The van der Waals surface area contributed by atoms with Gasteiger partial charge in [-0.2, -0.15) is 0 Å². The summed E-state index contributed by atoms with van der Waals surface area (Å²) in [5.41, 5.74) is 0.561. The largest absolute Gasteiger partial charge is 0.303 e. The van der Waals surface area contributed by atoms with Crippen LogP contribution in [0.2, 0.25) is 0 Å². The third-order valence-electron chi connectivity index (χ3n) is 6.05. The molecule has 1 nitrogen and oxygen atoms in total. The highest BCUT2D eigenvalue weighted by Crippen LogP contribution is 2.61. The van der Waals surface area contributed by atoms with Crippen molar-refractivity contribution >= 4 is 6.29 Å². The molecule has 0 N–H and O–H groups in total. The number of carbonyl (C=O) groups is 1. The van der Waals surface area contributed by atoms with E-state index < -0.39 is 0 Å². The molecule has 5 atom stereocenters. The summed E-state index contributed by atoms with van der Waals surface area (Å²) >= 11 is 0. The van der Waals surface area contributed by atoms with Crippen LogP contribution in [0.4, 0.5) is 0 Å². The zero-order valence-corrected chi connectivity index (χ0v) is 13.0. The smallest absolute Gasteiger partial charge is 0.125 e. The maximum absolute atomic E-state index is 11.3. The van der Waals surface area contributed by atoms with E-state index in [4.69, 9.17) is 0 Å². The molecule has 3 fully saturated rings. The Bertz CT molecular complexity index is 346. The fourth-order valence-corrected chi connectivity index (χ4v) is 5.35. The molecule has 116 valence electrons. The summed E-state index contributed by atoms with van der Waals surface area (Å²) in [6.07, 6.45) is 9.26. The van der Waals surface area contributed by atoms with Gasteiger partial charge in [-0.05, 0) is 67.6 Å². The van der Waals surface area contributed by atoms with E-state index in [9.17, 15) is 4.79 Å². The van der Waals surface area contributed by atoms with Crippen molar-refractivity contribution in [3.05, 3.63) is 13.2 Å². The molecular weight excluding hydrogens is 244 g/mol. The van der Waals surface area contributed by atoms with Crippen molar-refractivity contribution in [1.82, 2.24) is 0 Å². The third kappa shape index (κ3) is 3.02. The molecule has 0 spiro atoms. The molecule has 2 bridgehead atoms. The van der Waals surface area contributed by atoms with Crippen molar-refractivity contribution in [1.29, 1.82) is 0 Å². The van der Waals surface area contributed by atoms with E-state index in [1.165, 1.54) is 44.8 Å². The van der Waals surface area contributed by atoms with E-state index in [2.05, 4.69) is 33.9 Å². The molecule has 3 rings (SSSR count). The van der Waals surface area contributed by atoms with Gasteiger partial charge in [0, 0.05) is 5.41 Å². The Hall–Kier alpha value is -0.590. The molecule has 3 saturated carbocycles. The second kappa shape index (κ2) is 6.03. The van der Waals surface area contributed by atoms with E-state index in [0.717, 1.165) is 23.7 Å². The quantitative estimate of drug-likeness (QED) is 0.457. The minimum absolute atomic E-state index is 0. The Morgan fingerprint density at radius 1 is 1.00 bits per heavy atom. The van der Waals surface area contributed by atoms with Gasteiger partial charge in [0.2, 0.25) is 0 Å². The molecular formula is C19H34O. The molecule has 0 saturated heterocycles. The maximum Gasteiger partial charge on any atom is 0.125 e. The van der Waals surface area contributed by atoms with E-state index in [-0.39, 0.29) is 12.8 Å². The first kappa shape index (κ1) is 17.5. The number of rotatable bonds is 1. The van der Waals surface area contributed by atoms with Gasteiger partial charge in [-0.15, -0.1) is 13.2 Å². The average molecular weight is 278 g/mol. The van der Waals surface area contributed by atoms with Crippen LogP contribution >= 0.6 is 0 Å². The lowest BCUT2D eigenvalue weighted by atomic mass is 9.65. The van der Waals surface area contributed by atoms with Crippen molar-refractivity contribution in [3.8, 4) is 0 Å². The monoisotopic (exact) mass is 278 g/mol. The Morgan fingerprint density at radius 3 is 2.10 bits per heavy atom. The van der Waals surface area contributed by atoms with Crippen LogP contribution in [0.5, 0.6) is 0 Å².